The van der Waals surface area contributed by atoms with Gasteiger partial charge in [0.2, 0.25) is 0 Å². The average molecular weight is 234 g/mol. The van der Waals surface area contributed by atoms with Crippen LogP contribution >= 0.6 is 0 Å². The zero-order valence-electron chi connectivity index (χ0n) is 9.06. The minimum Gasteiger partial charge on any atom is -0.501 e. The molecule has 6 heteroatoms. The number of ether oxygens (including phenoxy) is 1. The minimum absolute atomic E-state index is 0.361. The van der Waals surface area contributed by atoms with Crippen molar-refractivity contribution in [2.45, 2.75) is 31.1 Å². The first kappa shape index (κ1) is 12.5. The Hall–Kier alpha value is -0.590. The monoisotopic (exact) mass is 234 g/mol. The zero-order chi connectivity index (χ0) is 11.5. The van der Waals surface area contributed by atoms with E-state index in [1.165, 1.54) is 6.26 Å². The second-order valence-corrected chi connectivity index (χ2v) is 6.25. The van der Waals surface area contributed by atoms with Crippen LogP contribution in [0.2, 0.25) is 0 Å². The van der Waals surface area contributed by atoms with E-state index >= 15 is 0 Å². The van der Waals surface area contributed by atoms with E-state index in [0.29, 0.717) is 6.61 Å². The fourth-order valence-corrected chi connectivity index (χ4v) is 2.35. The van der Waals surface area contributed by atoms with E-state index in [1.54, 1.807) is 13.2 Å². The third kappa shape index (κ3) is 3.19. The Morgan fingerprint density at radius 1 is 1.60 bits per heavy atom. The molecule has 0 aliphatic carbocycles. The van der Waals surface area contributed by atoms with Gasteiger partial charge in [-0.05, 0) is 25.3 Å². The van der Waals surface area contributed by atoms with E-state index < -0.39 is 15.1 Å². The first-order valence-corrected chi connectivity index (χ1v) is 6.88. The van der Waals surface area contributed by atoms with Crippen LogP contribution in [0.15, 0.2) is 11.8 Å². The number of hydrogen-bond acceptors (Lipinski definition) is 5. The van der Waals surface area contributed by atoms with Crippen LogP contribution in [0.1, 0.15) is 19.8 Å². The van der Waals surface area contributed by atoms with Crippen molar-refractivity contribution >= 4 is 9.84 Å². The largest absolute Gasteiger partial charge is 0.501 e. The van der Waals surface area contributed by atoms with Crippen LogP contribution < -0.4 is 11.3 Å². The molecule has 0 aromatic carbocycles. The van der Waals surface area contributed by atoms with Crippen molar-refractivity contribution in [3.8, 4) is 0 Å². The van der Waals surface area contributed by atoms with Gasteiger partial charge in [0.15, 0.2) is 9.84 Å². The fourth-order valence-electron chi connectivity index (χ4n) is 1.60. The second kappa shape index (κ2) is 4.96. The standard InChI is InChI=1S/C9H18N2O3S/c1-7(15(2,12)13)9(11-10)8-4-3-5-14-6-8/h6-7,9,11H,3-5,10H2,1-2H3. The molecule has 1 aliphatic heterocycles. The summed E-state index contributed by atoms with van der Waals surface area (Å²) in [5, 5.41) is -0.546. The van der Waals surface area contributed by atoms with Crippen LogP contribution in [0.25, 0.3) is 0 Å². The molecular formula is C9H18N2O3S. The smallest absolute Gasteiger partial charge is 0.151 e. The van der Waals surface area contributed by atoms with Gasteiger partial charge >= 0.3 is 0 Å². The molecular weight excluding hydrogens is 216 g/mol. The van der Waals surface area contributed by atoms with Gasteiger partial charge < -0.3 is 4.74 Å². The van der Waals surface area contributed by atoms with Crippen LogP contribution in [0.3, 0.4) is 0 Å². The third-order valence-corrected chi connectivity index (χ3v) is 4.31. The van der Waals surface area contributed by atoms with E-state index in [2.05, 4.69) is 5.43 Å². The number of nitrogens with two attached hydrogens (primary N) is 1. The maximum atomic E-state index is 11.4. The lowest BCUT2D eigenvalue weighted by atomic mass is 10.0. The maximum Gasteiger partial charge on any atom is 0.151 e. The minimum atomic E-state index is -3.10. The van der Waals surface area contributed by atoms with Crippen molar-refractivity contribution in [3.05, 3.63) is 11.8 Å². The van der Waals surface area contributed by atoms with Crippen molar-refractivity contribution in [2.24, 2.45) is 5.84 Å². The molecule has 0 aromatic rings. The molecule has 1 heterocycles. The summed E-state index contributed by atoms with van der Waals surface area (Å²) in [6.07, 6.45) is 4.57. The quantitative estimate of drug-likeness (QED) is 0.526. The van der Waals surface area contributed by atoms with Gasteiger partial charge in [-0.15, -0.1) is 0 Å². The van der Waals surface area contributed by atoms with Crippen LogP contribution in [-0.2, 0) is 14.6 Å². The number of hydrogen-bond donors (Lipinski definition) is 2. The lowest BCUT2D eigenvalue weighted by molar-refractivity contribution is 0.219. The van der Waals surface area contributed by atoms with Crippen LogP contribution in [-0.4, -0.2) is 32.6 Å². The fraction of sp³-hybridized carbons (Fsp3) is 0.778. The summed E-state index contributed by atoms with van der Waals surface area (Å²) in [5.41, 5.74) is 3.47. The Morgan fingerprint density at radius 3 is 2.67 bits per heavy atom. The van der Waals surface area contributed by atoms with Crippen molar-refractivity contribution in [2.75, 3.05) is 12.9 Å². The molecule has 2 unspecified atom stereocenters. The van der Waals surface area contributed by atoms with Gasteiger partial charge in [0.25, 0.3) is 0 Å². The van der Waals surface area contributed by atoms with Crippen molar-refractivity contribution < 1.29 is 13.2 Å². The van der Waals surface area contributed by atoms with Crippen molar-refractivity contribution in [1.82, 2.24) is 5.43 Å². The van der Waals surface area contributed by atoms with Crippen LogP contribution in [0.5, 0.6) is 0 Å². The summed E-state index contributed by atoms with van der Waals surface area (Å²) in [4.78, 5) is 0. The lowest BCUT2D eigenvalue weighted by Gasteiger charge is -2.26. The summed E-state index contributed by atoms with van der Waals surface area (Å²) in [5.74, 6) is 5.39. The van der Waals surface area contributed by atoms with Gasteiger partial charge in [-0.2, -0.15) is 0 Å². The molecule has 15 heavy (non-hydrogen) atoms. The SMILES string of the molecule is CC(C(NN)C1=COCCC1)S(C)(=O)=O. The number of nitrogens with one attached hydrogen (secondary N) is 1. The molecule has 0 radical (unpaired) electrons. The number of hydrazine groups is 1. The topological polar surface area (TPSA) is 81.4 Å². The van der Waals surface area contributed by atoms with Gasteiger partial charge in [-0.3, -0.25) is 11.3 Å². The van der Waals surface area contributed by atoms with Crippen molar-refractivity contribution in [3.63, 3.8) is 0 Å². The number of sulfone groups is 1. The molecule has 2 atom stereocenters. The summed E-state index contributed by atoms with van der Waals surface area (Å²) >= 11 is 0. The van der Waals surface area contributed by atoms with E-state index in [4.69, 9.17) is 10.6 Å². The Balaban J connectivity index is 2.83. The molecule has 0 bridgehead atoms. The predicted molar refractivity (Wildman–Crippen MR) is 58.7 cm³/mol. The van der Waals surface area contributed by atoms with E-state index in [9.17, 15) is 8.42 Å². The Labute approximate surface area is 90.6 Å². The molecule has 0 spiro atoms. The normalized spacial score (nSPS) is 21.4. The maximum absolute atomic E-state index is 11.4. The molecule has 0 saturated heterocycles. The summed E-state index contributed by atoms with van der Waals surface area (Å²) in [6.45, 7) is 2.34. The van der Waals surface area contributed by atoms with Crippen LogP contribution in [0, 0.1) is 0 Å². The lowest BCUT2D eigenvalue weighted by Crippen LogP contribution is -2.47. The second-order valence-electron chi connectivity index (χ2n) is 3.85. The molecule has 1 rings (SSSR count). The zero-order valence-corrected chi connectivity index (χ0v) is 9.88. The van der Waals surface area contributed by atoms with E-state index in [-0.39, 0.29) is 6.04 Å². The van der Waals surface area contributed by atoms with Crippen LogP contribution in [0.4, 0.5) is 0 Å². The highest BCUT2D eigenvalue weighted by molar-refractivity contribution is 7.91. The highest BCUT2D eigenvalue weighted by Gasteiger charge is 2.28. The molecule has 0 saturated carbocycles. The highest BCUT2D eigenvalue weighted by Crippen LogP contribution is 2.20. The van der Waals surface area contributed by atoms with E-state index in [0.717, 1.165) is 18.4 Å². The van der Waals surface area contributed by atoms with Crippen molar-refractivity contribution in [1.29, 1.82) is 0 Å². The summed E-state index contributed by atoms with van der Waals surface area (Å²) in [7, 11) is -3.10. The average Bonchev–Trinajstić information content (AvgIpc) is 2.19. The molecule has 0 fully saturated rings. The van der Waals surface area contributed by atoms with Gasteiger partial charge in [0.1, 0.15) is 0 Å². The Kier molecular flexibility index (Phi) is 4.12. The molecule has 3 N–H and O–H groups in total. The van der Waals surface area contributed by atoms with Gasteiger partial charge in [0, 0.05) is 6.26 Å². The third-order valence-electron chi connectivity index (χ3n) is 2.69. The molecule has 5 nitrogen and oxygen atoms in total. The van der Waals surface area contributed by atoms with Gasteiger partial charge in [-0.1, -0.05) is 0 Å². The van der Waals surface area contributed by atoms with Gasteiger partial charge in [0.05, 0.1) is 24.2 Å². The highest BCUT2D eigenvalue weighted by atomic mass is 32.2. The first-order valence-electron chi connectivity index (χ1n) is 4.92. The summed E-state index contributed by atoms with van der Waals surface area (Å²) < 4.78 is 28.0. The summed E-state index contributed by atoms with van der Waals surface area (Å²) in [6, 6.07) is -0.361. The van der Waals surface area contributed by atoms with E-state index in [1.807, 2.05) is 0 Å². The molecule has 88 valence electrons. The Bertz CT molecular complexity index is 337. The van der Waals surface area contributed by atoms with Gasteiger partial charge in [-0.25, -0.2) is 8.42 Å². The molecule has 0 amide bonds. The predicted octanol–water partition coefficient (Wildman–Crippen LogP) is -0.0543. The number of rotatable bonds is 4. The Morgan fingerprint density at radius 2 is 2.27 bits per heavy atom. The first-order chi connectivity index (χ1) is 6.96. The molecule has 0 aromatic heterocycles. The molecule has 1 aliphatic rings.